The van der Waals surface area contributed by atoms with Gasteiger partial charge in [0.15, 0.2) is 0 Å². The lowest BCUT2D eigenvalue weighted by Gasteiger charge is -2.33. The SMILES string of the molecule is Cc1ccc(CNC(=O)[C@@H]2CCCCN2S(=O)(=O)c2ccc(Br)cc2)cc1. The van der Waals surface area contributed by atoms with E-state index in [1.54, 1.807) is 24.3 Å². The first-order chi connectivity index (χ1) is 12.9. The van der Waals surface area contributed by atoms with E-state index >= 15 is 0 Å². The van der Waals surface area contributed by atoms with Gasteiger partial charge in [-0.1, -0.05) is 52.2 Å². The number of carbonyl (C=O) groups excluding carboxylic acids is 1. The van der Waals surface area contributed by atoms with E-state index in [1.807, 2.05) is 31.2 Å². The maximum absolute atomic E-state index is 13.1. The highest BCUT2D eigenvalue weighted by Gasteiger charge is 2.37. The summed E-state index contributed by atoms with van der Waals surface area (Å²) in [6.07, 6.45) is 2.14. The standard InChI is InChI=1S/C20H23BrN2O3S/c1-15-5-7-16(8-6-15)14-22-20(24)19-4-2-3-13-23(19)27(25,26)18-11-9-17(21)10-12-18/h5-12,19H,2-4,13-14H2,1H3,(H,22,24)/t19-/m0/s1. The van der Waals surface area contributed by atoms with Gasteiger partial charge in [0.05, 0.1) is 4.90 Å². The molecule has 7 heteroatoms. The number of piperidine rings is 1. The predicted molar refractivity (Wildman–Crippen MR) is 109 cm³/mol. The Kier molecular flexibility index (Phi) is 6.34. The number of carbonyl (C=O) groups is 1. The van der Waals surface area contributed by atoms with Gasteiger partial charge in [0.1, 0.15) is 6.04 Å². The summed E-state index contributed by atoms with van der Waals surface area (Å²) in [7, 11) is -3.71. The highest BCUT2D eigenvalue weighted by atomic mass is 79.9. The van der Waals surface area contributed by atoms with Crippen LogP contribution in [0.4, 0.5) is 0 Å². The van der Waals surface area contributed by atoms with Gasteiger partial charge in [-0.25, -0.2) is 8.42 Å². The molecule has 5 nitrogen and oxygen atoms in total. The van der Waals surface area contributed by atoms with Crippen LogP contribution in [0.3, 0.4) is 0 Å². The molecule has 1 atom stereocenters. The topological polar surface area (TPSA) is 66.5 Å². The lowest BCUT2D eigenvalue weighted by molar-refractivity contribution is -0.125. The summed E-state index contributed by atoms with van der Waals surface area (Å²) in [6.45, 7) is 2.76. The van der Waals surface area contributed by atoms with Crippen LogP contribution in [-0.2, 0) is 21.4 Å². The zero-order valence-corrected chi connectivity index (χ0v) is 17.6. The van der Waals surface area contributed by atoms with Crippen molar-refractivity contribution in [3.8, 4) is 0 Å². The number of benzene rings is 2. The van der Waals surface area contributed by atoms with Crippen LogP contribution >= 0.6 is 15.9 Å². The first-order valence-corrected chi connectivity index (χ1v) is 11.2. The van der Waals surface area contributed by atoms with Gasteiger partial charge >= 0.3 is 0 Å². The molecule has 1 heterocycles. The molecule has 0 unspecified atom stereocenters. The molecule has 2 aromatic rings. The van der Waals surface area contributed by atoms with Crippen molar-refractivity contribution in [2.75, 3.05) is 6.54 Å². The molecule has 1 aliphatic heterocycles. The molecule has 1 aliphatic rings. The third kappa shape index (κ3) is 4.78. The second-order valence-electron chi connectivity index (χ2n) is 6.78. The van der Waals surface area contributed by atoms with Crippen LogP contribution < -0.4 is 5.32 Å². The molecule has 0 radical (unpaired) electrons. The van der Waals surface area contributed by atoms with E-state index in [0.717, 1.165) is 28.4 Å². The first kappa shape index (κ1) is 20.0. The van der Waals surface area contributed by atoms with Crippen molar-refractivity contribution in [3.63, 3.8) is 0 Å². The summed E-state index contributed by atoms with van der Waals surface area (Å²) in [5.41, 5.74) is 2.15. The Morgan fingerprint density at radius 2 is 1.78 bits per heavy atom. The third-order valence-electron chi connectivity index (χ3n) is 4.76. The van der Waals surface area contributed by atoms with Gasteiger partial charge in [-0.15, -0.1) is 0 Å². The lowest BCUT2D eigenvalue weighted by Crippen LogP contribution is -2.51. The normalized spacial score (nSPS) is 18.2. The molecule has 1 fully saturated rings. The molecule has 0 saturated carbocycles. The van der Waals surface area contributed by atoms with E-state index in [4.69, 9.17) is 0 Å². The van der Waals surface area contributed by atoms with Crippen molar-refractivity contribution < 1.29 is 13.2 Å². The van der Waals surface area contributed by atoms with E-state index in [1.165, 1.54) is 4.31 Å². The summed E-state index contributed by atoms with van der Waals surface area (Å²) in [4.78, 5) is 13.0. The van der Waals surface area contributed by atoms with Crippen LogP contribution in [0.1, 0.15) is 30.4 Å². The van der Waals surface area contributed by atoms with Crippen molar-refractivity contribution in [3.05, 3.63) is 64.1 Å². The minimum Gasteiger partial charge on any atom is -0.351 e. The van der Waals surface area contributed by atoms with Gasteiger partial charge in [-0.2, -0.15) is 4.31 Å². The molecule has 0 aliphatic carbocycles. The minimum atomic E-state index is -3.71. The lowest BCUT2D eigenvalue weighted by atomic mass is 10.0. The van der Waals surface area contributed by atoms with E-state index in [-0.39, 0.29) is 10.8 Å². The van der Waals surface area contributed by atoms with Gasteiger partial charge < -0.3 is 5.32 Å². The number of hydrogen-bond donors (Lipinski definition) is 1. The van der Waals surface area contributed by atoms with Gasteiger partial charge in [-0.3, -0.25) is 4.79 Å². The van der Waals surface area contributed by atoms with Crippen molar-refractivity contribution in [1.29, 1.82) is 0 Å². The number of nitrogens with one attached hydrogen (secondary N) is 1. The Hall–Kier alpha value is -1.70. The molecular formula is C20H23BrN2O3S. The van der Waals surface area contributed by atoms with Crippen LogP contribution in [0, 0.1) is 6.92 Å². The minimum absolute atomic E-state index is 0.212. The molecule has 0 aromatic heterocycles. The molecule has 0 spiro atoms. The quantitative estimate of drug-likeness (QED) is 0.756. The average Bonchev–Trinajstić information content (AvgIpc) is 2.67. The van der Waals surface area contributed by atoms with Crippen LogP contribution in [0.5, 0.6) is 0 Å². The van der Waals surface area contributed by atoms with Gasteiger partial charge in [0.25, 0.3) is 0 Å². The number of hydrogen-bond acceptors (Lipinski definition) is 3. The van der Waals surface area contributed by atoms with Crippen molar-refractivity contribution in [1.82, 2.24) is 9.62 Å². The van der Waals surface area contributed by atoms with Crippen molar-refractivity contribution in [2.24, 2.45) is 0 Å². The smallest absolute Gasteiger partial charge is 0.243 e. The summed E-state index contributed by atoms with van der Waals surface area (Å²) in [6, 6.07) is 13.8. The molecule has 3 rings (SSSR count). The summed E-state index contributed by atoms with van der Waals surface area (Å²) < 4.78 is 28.3. The van der Waals surface area contributed by atoms with Crippen LogP contribution in [0.25, 0.3) is 0 Å². The van der Waals surface area contributed by atoms with Crippen LogP contribution in [0.2, 0.25) is 0 Å². The Balaban J connectivity index is 1.75. The fraction of sp³-hybridized carbons (Fsp3) is 0.350. The third-order valence-corrected chi connectivity index (χ3v) is 7.21. The maximum atomic E-state index is 13.1. The van der Waals surface area contributed by atoms with Crippen molar-refractivity contribution >= 4 is 31.9 Å². The van der Waals surface area contributed by atoms with Crippen LogP contribution in [0.15, 0.2) is 57.9 Å². The van der Waals surface area contributed by atoms with E-state index in [0.29, 0.717) is 19.5 Å². The van der Waals surface area contributed by atoms with Gasteiger partial charge in [0, 0.05) is 17.6 Å². The predicted octanol–water partition coefficient (Wildman–Crippen LogP) is 3.62. The molecule has 1 saturated heterocycles. The zero-order valence-electron chi connectivity index (χ0n) is 15.2. The molecular weight excluding hydrogens is 428 g/mol. The van der Waals surface area contributed by atoms with Gasteiger partial charge in [-0.05, 0) is 49.6 Å². The molecule has 1 N–H and O–H groups in total. The number of nitrogens with zero attached hydrogens (tertiary/aromatic N) is 1. The largest absolute Gasteiger partial charge is 0.351 e. The molecule has 2 aromatic carbocycles. The van der Waals surface area contributed by atoms with E-state index < -0.39 is 16.1 Å². The Morgan fingerprint density at radius 1 is 1.11 bits per heavy atom. The molecule has 144 valence electrons. The monoisotopic (exact) mass is 450 g/mol. The number of halogens is 1. The second-order valence-corrected chi connectivity index (χ2v) is 9.59. The Labute approximate surface area is 169 Å². The first-order valence-electron chi connectivity index (χ1n) is 8.98. The zero-order chi connectivity index (χ0) is 19.4. The highest BCUT2D eigenvalue weighted by molar-refractivity contribution is 9.10. The Morgan fingerprint density at radius 3 is 2.44 bits per heavy atom. The van der Waals surface area contributed by atoms with Crippen molar-refractivity contribution in [2.45, 2.75) is 43.7 Å². The number of amides is 1. The fourth-order valence-electron chi connectivity index (χ4n) is 3.21. The summed E-state index contributed by atoms with van der Waals surface area (Å²) >= 11 is 3.32. The maximum Gasteiger partial charge on any atom is 0.243 e. The van der Waals surface area contributed by atoms with Gasteiger partial charge in [0.2, 0.25) is 15.9 Å². The van der Waals surface area contributed by atoms with Crippen LogP contribution in [-0.4, -0.2) is 31.2 Å². The second kappa shape index (κ2) is 8.54. The number of sulfonamides is 1. The Bertz CT molecular complexity index is 896. The summed E-state index contributed by atoms with van der Waals surface area (Å²) in [5, 5.41) is 2.90. The molecule has 0 bridgehead atoms. The number of rotatable bonds is 5. The average molecular weight is 451 g/mol. The fourth-order valence-corrected chi connectivity index (χ4v) is 5.13. The summed E-state index contributed by atoms with van der Waals surface area (Å²) in [5.74, 6) is -0.240. The van der Waals surface area contributed by atoms with E-state index in [9.17, 15) is 13.2 Å². The molecule has 27 heavy (non-hydrogen) atoms. The molecule has 1 amide bonds. The van der Waals surface area contributed by atoms with E-state index in [2.05, 4.69) is 21.2 Å². The number of aryl methyl sites for hydroxylation is 1. The highest BCUT2D eigenvalue weighted by Crippen LogP contribution is 2.26.